The van der Waals surface area contributed by atoms with Crippen LogP contribution < -0.4 is 11.1 Å². The maximum absolute atomic E-state index is 11.8. The third-order valence-electron chi connectivity index (χ3n) is 2.75. The molecule has 0 aromatic carbocycles. The summed E-state index contributed by atoms with van der Waals surface area (Å²) in [7, 11) is 1.43. The Kier molecular flexibility index (Phi) is 7.38. The van der Waals surface area contributed by atoms with E-state index < -0.39 is 17.9 Å². The van der Waals surface area contributed by atoms with Crippen molar-refractivity contribution in [3.63, 3.8) is 0 Å². The smallest absolute Gasteiger partial charge is 0.410 e. The van der Waals surface area contributed by atoms with E-state index >= 15 is 0 Å². The van der Waals surface area contributed by atoms with Crippen LogP contribution in [0.25, 0.3) is 0 Å². The Hall–Kier alpha value is -2.64. The second-order valence-electron chi connectivity index (χ2n) is 4.53. The number of likely N-dealkylation sites (N-methyl/N-ethyl adjacent to an activating group) is 1. The highest BCUT2D eigenvalue weighted by molar-refractivity contribution is 5.85. The first-order valence-electron chi connectivity index (χ1n) is 6.83. The van der Waals surface area contributed by atoms with Crippen LogP contribution in [-0.2, 0) is 20.7 Å². The molecule has 3 N–H and O–H groups in total. The van der Waals surface area contributed by atoms with Gasteiger partial charge in [0.2, 0.25) is 11.8 Å². The molecule has 0 saturated heterocycles. The lowest BCUT2D eigenvalue weighted by molar-refractivity contribution is -0.123. The first-order chi connectivity index (χ1) is 10.5. The maximum Gasteiger partial charge on any atom is 0.410 e. The third-order valence-corrected chi connectivity index (χ3v) is 2.75. The number of ether oxygens (including phenoxy) is 1. The van der Waals surface area contributed by atoms with E-state index in [1.165, 1.54) is 7.05 Å². The molecule has 8 nitrogen and oxygen atoms in total. The average Bonchev–Trinajstić information content (AvgIpc) is 2.51. The minimum Gasteiger partial charge on any atom is -0.449 e. The molecule has 1 aromatic rings. The Balaban J connectivity index is 2.38. The van der Waals surface area contributed by atoms with E-state index in [-0.39, 0.29) is 19.7 Å². The molecule has 0 radical (unpaired) electrons. The molecule has 0 spiro atoms. The van der Waals surface area contributed by atoms with Gasteiger partial charge in [0.1, 0.15) is 13.1 Å². The number of carbonyl (C=O) groups excluding carboxylic acids is 3. The Labute approximate surface area is 128 Å². The number of rotatable bonds is 8. The molecular formula is C14H20N4O4. The van der Waals surface area contributed by atoms with E-state index in [2.05, 4.69) is 10.3 Å². The zero-order valence-electron chi connectivity index (χ0n) is 12.4. The zero-order chi connectivity index (χ0) is 16.4. The van der Waals surface area contributed by atoms with Gasteiger partial charge in [-0.2, -0.15) is 0 Å². The van der Waals surface area contributed by atoms with Crippen molar-refractivity contribution < 1.29 is 19.1 Å². The van der Waals surface area contributed by atoms with E-state index in [0.29, 0.717) is 12.8 Å². The van der Waals surface area contributed by atoms with Crippen LogP contribution in [-0.4, -0.2) is 54.5 Å². The molecule has 0 aliphatic heterocycles. The number of hydrogen-bond donors (Lipinski definition) is 2. The van der Waals surface area contributed by atoms with Crippen molar-refractivity contribution in [1.29, 1.82) is 0 Å². The van der Waals surface area contributed by atoms with Gasteiger partial charge < -0.3 is 15.8 Å². The summed E-state index contributed by atoms with van der Waals surface area (Å²) in [6.45, 7) is -0.483. The van der Waals surface area contributed by atoms with Crippen molar-refractivity contribution in [2.75, 3.05) is 26.7 Å². The van der Waals surface area contributed by atoms with Crippen molar-refractivity contribution in [2.45, 2.75) is 12.8 Å². The maximum atomic E-state index is 11.8. The number of nitrogens with one attached hydrogen (secondary N) is 1. The van der Waals surface area contributed by atoms with E-state index in [9.17, 15) is 14.4 Å². The summed E-state index contributed by atoms with van der Waals surface area (Å²) in [4.78, 5) is 39.2. The molecule has 0 saturated carbocycles. The predicted octanol–water partition coefficient (Wildman–Crippen LogP) is -0.316. The monoisotopic (exact) mass is 308 g/mol. The van der Waals surface area contributed by atoms with Gasteiger partial charge in [-0.1, -0.05) is 6.07 Å². The highest BCUT2D eigenvalue weighted by atomic mass is 16.6. The lowest BCUT2D eigenvalue weighted by Crippen LogP contribution is -2.44. The van der Waals surface area contributed by atoms with Gasteiger partial charge in [-0.15, -0.1) is 0 Å². The molecule has 3 amide bonds. The Bertz CT molecular complexity index is 507. The fourth-order valence-electron chi connectivity index (χ4n) is 1.68. The van der Waals surface area contributed by atoms with Crippen LogP contribution >= 0.6 is 0 Å². The number of amides is 3. The Morgan fingerprint density at radius 3 is 2.68 bits per heavy atom. The van der Waals surface area contributed by atoms with Gasteiger partial charge in [-0.25, -0.2) is 4.79 Å². The van der Waals surface area contributed by atoms with Crippen molar-refractivity contribution in [3.05, 3.63) is 30.1 Å². The van der Waals surface area contributed by atoms with Gasteiger partial charge in [-0.05, 0) is 25.0 Å². The number of hydrogen-bond acceptors (Lipinski definition) is 5. The fraction of sp³-hybridized carbons (Fsp3) is 0.429. The number of primary amides is 1. The fourth-order valence-corrected chi connectivity index (χ4v) is 1.68. The van der Waals surface area contributed by atoms with E-state index in [1.54, 1.807) is 6.20 Å². The second kappa shape index (κ2) is 9.32. The van der Waals surface area contributed by atoms with E-state index in [0.717, 1.165) is 10.6 Å². The van der Waals surface area contributed by atoms with Crippen LogP contribution in [0.3, 0.4) is 0 Å². The van der Waals surface area contributed by atoms with Crippen LogP contribution in [0.4, 0.5) is 4.79 Å². The SMILES string of the molecule is CNC(=O)CN(CC(N)=O)C(=O)OCCCc1ccccn1. The quantitative estimate of drug-likeness (QED) is 0.639. The molecule has 120 valence electrons. The molecule has 8 heteroatoms. The molecule has 0 unspecified atom stereocenters. The number of nitrogens with two attached hydrogens (primary N) is 1. The van der Waals surface area contributed by atoms with Crippen LogP contribution in [0.15, 0.2) is 24.4 Å². The summed E-state index contributed by atoms with van der Waals surface area (Å²) >= 11 is 0. The van der Waals surface area contributed by atoms with Crippen LogP contribution in [0.1, 0.15) is 12.1 Å². The number of carbonyl (C=O) groups is 3. The summed E-state index contributed by atoms with van der Waals surface area (Å²) in [5.41, 5.74) is 5.95. The topological polar surface area (TPSA) is 115 Å². The number of nitrogens with zero attached hydrogens (tertiary/aromatic N) is 2. The van der Waals surface area contributed by atoms with Crippen molar-refractivity contribution in [1.82, 2.24) is 15.2 Å². The van der Waals surface area contributed by atoms with Crippen LogP contribution in [0.2, 0.25) is 0 Å². The first kappa shape index (κ1) is 17.4. The molecule has 0 atom stereocenters. The standard InChI is InChI=1S/C14H20N4O4/c1-16-13(20)10-18(9-12(15)19)14(21)22-8-4-6-11-5-2-3-7-17-11/h2-3,5,7H,4,6,8-10H2,1H3,(H2,15,19)(H,16,20). The molecule has 0 bridgehead atoms. The van der Waals surface area contributed by atoms with Gasteiger partial charge in [-0.3, -0.25) is 19.5 Å². The predicted molar refractivity (Wildman–Crippen MR) is 78.7 cm³/mol. The lowest BCUT2D eigenvalue weighted by atomic mass is 10.2. The van der Waals surface area contributed by atoms with Crippen molar-refractivity contribution in [2.24, 2.45) is 5.73 Å². The number of pyridine rings is 1. The summed E-state index contributed by atoms with van der Waals surface area (Å²) in [5.74, 6) is -1.12. The van der Waals surface area contributed by atoms with Gasteiger partial charge in [0, 0.05) is 18.9 Å². The molecule has 0 aliphatic carbocycles. The second-order valence-corrected chi connectivity index (χ2v) is 4.53. The minimum atomic E-state index is -0.747. The van der Waals surface area contributed by atoms with Gasteiger partial charge >= 0.3 is 6.09 Å². The number of aryl methyl sites for hydroxylation is 1. The molecule has 1 rings (SSSR count). The first-order valence-corrected chi connectivity index (χ1v) is 6.83. The van der Waals surface area contributed by atoms with Gasteiger partial charge in [0.15, 0.2) is 0 Å². The summed E-state index contributed by atoms with van der Waals surface area (Å²) < 4.78 is 5.04. The lowest BCUT2D eigenvalue weighted by Gasteiger charge is -2.19. The summed E-state index contributed by atoms with van der Waals surface area (Å²) in [5, 5.41) is 2.36. The van der Waals surface area contributed by atoms with Crippen LogP contribution in [0.5, 0.6) is 0 Å². The highest BCUT2D eigenvalue weighted by Gasteiger charge is 2.19. The summed E-state index contributed by atoms with van der Waals surface area (Å²) in [6.07, 6.45) is 2.20. The molecule has 22 heavy (non-hydrogen) atoms. The largest absolute Gasteiger partial charge is 0.449 e. The molecular weight excluding hydrogens is 288 g/mol. The zero-order valence-corrected chi connectivity index (χ0v) is 12.4. The molecule has 0 aliphatic rings. The van der Waals surface area contributed by atoms with E-state index in [4.69, 9.17) is 10.5 Å². The van der Waals surface area contributed by atoms with Crippen molar-refractivity contribution >= 4 is 17.9 Å². The molecule has 1 heterocycles. The van der Waals surface area contributed by atoms with Gasteiger partial charge in [0.05, 0.1) is 6.61 Å². The average molecular weight is 308 g/mol. The number of aromatic nitrogens is 1. The van der Waals surface area contributed by atoms with Crippen molar-refractivity contribution in [3.8, 4) is 0 Å². The molecule has 0 fully saturated rings. The van der Waals surface area contributed by atoms with E-state index in [1.807, 2.05) is 18.2 Å². The molecule has 1 aromatic heterocycles. The van der Waals surface area contributed by atoms with Gasteiger partial charge in [0.25, 0.3) is 0 Å². The Morgan fingerprint density at radius 2 is 2.09 bits per heavy atom. The summed E-state index contributed by atoms with van der Waals surface area (Å²) in [6, 6.07) is 5.59. The Morgan fingerprint density at radius 1 is 1.32 bits per heavy atom. The highest BCUT2D eigenvalue weighted by Crippen LogP contribution is 2.00. The minimum absolute atomic E-state index is 0.165. The van der Waals surface area contributed by atoms with Crippen LogP contribution in [0, 0.1) is 0 Å². The third kappa shape index (κ3) is 6.69. The normalized spacial score (nSPS) is 9.86.